The molecule has 1 aliphatic heterocycles. The molecule has 1 aromatic rings. The highest BCUT2D eigenvalue weighted by Gasteiger charge is 2.19. The van der Waals surface area contributed by atoms with Crippen LogP contribution in [0.5, 0.6) is 0 Å². The van der Waals surface area contributed by atoms with Crippen LogP contribution in [-0.2, 0) is 0 Å². The van der Waals surface area contributed by atoms with Crippen molar-refractivity contribution in [2.45, 2.75) is 44.3 Å². The number of nitrogens with zero attached hydrogens (tertiary/aromatic N) is 1. The summed E-state index contributed by atoms with van der Waals surface area (Å²) in [6, 6.07) is 14.1. The summed E-state index contributed by atoms with van der Waals surface area (Å²) in [7, 11) is -0.359. The normalized spacial score (nSPS) is 21.5. The quantitative estimate of drug-likeness (QED) is 0.594. The van der Waals surface area contributed by atoms with Gasteiger partial charge in [0, 0.05) is 14.4 Å². The molecule has 0 spiro atoms. The molecule has 21 heavy (non-hydrogen) atoms. The van der Waals surface area contributed by atoms with Gasteiger partial charge in [0.05, 0.1) is 11.6 Å². The molecule has 1 heterocycles. The minimum Gasteiger partial charge on any atom is -0.192 e. The van der Waals surface area contributed by atoms with E-state index >= 15 is 0 Å². The average molecular weight is 293 g/mol. The molecule has 1 nitrogen and oxygen atoms in total. The van der Waals surface area contributed by atoms with Gasteiger partial charge in [-0.15, -0.1) is 0 Å². The maximum Gasteiger partial charge on any atom is 0.0991 e. The topological polar surface area (TPSA) is 23.8 Å². The minimum atomic E-state index is -0.359. The van der Waals surface area contributed by atoms with Crippen molar-refractivity contribution in [3.63, 3.8) is 0 Å². The van der Waals surface area contributed by atoms with Gasteiger partial charge in [-0.1, -0.05) is 49.4 Å². The van der Waals surface area contributed by atoms with Gasteiger partial charge in [-0.05, 0) is 49.1 Å². The first kappa shape index (κ1) is 15.6. The van der Waals surface area contributed by atoms with E-state index in [9.17, 15) is 0 Å². The molecule has 108 valence electrons. The Morgan fingerprint density at radius 2 is 1.86 bits per heavy atom. The molecule has 0 unspecified atom stereocenters. The van der Waals surface area contributed by atoms with E-state index in [1.165, 1.54) is 37.4 Å². The van der Waals surface area contributed by atoms with E-state index in [0.29, 0.717) is 5.56 Å². The second-order valence-corrected chi connectivity index (χ2v) is 9.35. The second-order valence-electron chi connectivity index (χ2n) is 5.89. The lowest BCUT2D eigenvalue weighted by molar-refractivity contribution is 0.572. The van der Waals surface area contributed by atoms with Crippen molar-refractivity contribution in [1.29, 1.82) is 5.26 Å². The predicted octanol–water partition coefficient (Wildman–Crippen LogP) is 4.51. The monoisotopic (exact) mass is 293 g/mol. The Hall–Kier alpha value is -1.77. The Labute approximate surface area is 130 Å². The smallest absolute Gasteiger partial charge is 0.0991 e. The third-order valence-corrected chi connectivity index (χ3v) is 7.96. The van der Waals surface area contributed by atoms with Crippen LogP contribution in [0.25, 0.3) is 0 Å². The third kappa shape index (κ3) is 5.25. The molecular formula is C19H23NSi. The maximum atomic E-state index is 8.74. The molecule has 1 saturated heterocycles. The van der Waals surface area contributed by atoms with E-state index in [1.807, 2.05) is 30.3 Å². The molecule has 1 fully saturated rings. The first-order chi connectivity index (χ1) is 10.3. The second kappa shape index (κ2) is 8.50. The molecule has 0 saturated carbocycles. The van der Waals surface area contributed by atoms with Crippen LogP contribution in [0.2, 0.25) is 18.1 Å². The molecular weight excluding hydrogens is 270 g/mol. The fourth-order valence-electron chi connectivity index (χ4n) is 3.01. The molecule has 0 aromatic heterocycles. The molecule has 0 aliphatic carbocycles. The van der Waals surface area contributed by atoms with Gasteiger partial charge < -0.3 is 0 Å². The van der Waals surface area contributed by atoms with Gasteiger partial charge in [0.15, 0.2) is 0 Å². The standard InChI is InChI=1S/C19H23NSi/c1-2-13-21-14-11-18(12-15-21)6-4-3-5-17-7-9-19(16-20)10-8-17/h4,6-10,18,21H,2,11-15H2,1H3. The molecule has 0 bridgehead atoms. The van der Waals surface area contributed by atoms with E-state index in [4.69, 9.17) is 5.26 Å². The summed E-state index contributed by atoms with van der Waals surface area (Å²) in [6.07, 6.45) is 8.46. The summed E-state index contributed by atoms with van der Waals surface area (Å²) in [5.41, 5.74) is 1.65. The van der Waals surface area contributed by atoms with Crippen molar-refractivity contribution >= 4 is 8.80 Å². The van der Waals surface area contributed by atoms with E-state index < -0.39 is 0 Å². The van der Waals surface area contributed by atoms with Gasteiger partial charge in [-0.2, -0.15) is 5.26 Å². The van der Waals surface area contributed by atoms with Crippen LogP contribution in [0.1, 0.15) is 37.3 Å². The highest BCUT2D eigenvalue weighted by molar-refractivity contribution is 6.58. The Morgan fingerprint density at radius 1 is 1.19 bits per heavy atom. The Morgan fingerprint density at radius 3 is 2.48 bits per heavy atom. The van der Waals surface area contributed by atoms with Crippen molar-refractivity contribution in [1.82, 2.24) is 0 Å². The molecule has 1 aromatic carbocycles. The lowest BCUT2D eigenvalue weighted by Crippen LogP contribution is -2.19. The molecule has 1 aliphatic rings. The lowest BCUT2D eigenvalue weighted by Gasteiger charge is -2.25. The first-order valence-electron chi connectivity index (χ1n) is 8.00. The zero-order chi connectivity index (χ0) is 14.9. The Bertz CT molecular complexity index is 560. The van der Waals surface area contributed by atoms with Crippen LogP contribution in [0.15, 0.2) is 36.4 Å². The first-order valence-corrected chi connectivity index (χ1v) is 10.4. The van der Waals surface area contributed by atoms with Crippen LogP contribution in [0.4, 0.5) is 0 Å². The van der Waals surface area contributed by atoms with Crippen molar-refractivity contribution in [2.24, 2.45) is 5.92 Å². The SMILES string of the molecule is CCC[SiH]1CCC(C=CC#Cc2ccc(C#N)cc2)CC1. The van der Waals surface area contributed by atoms with Crippen LogP contribution in [0, 0.1) is 29.1 Å². The summed E-state index contributed by atoms with van der Waals surface area (Å²) in [5.74, 6) is 7.00. The zero-order valence-corrected chi connectivity index (χ0v) is 14.0. The number of rotatable bonds is 3. The van der Waals surface area contributed by atoms with Crippen molar-refractivity contribution in [3.8, 4) is 17.9 Å². The minimum absolute atomic E-state index is 0.359. The van der Waals surface area contributed by atoms with Gasteiger partial charge in [0.2, 0.25) is 0 Å². The average Bonchev–Trinajstić information content (AvgIpc) is 2.54. The molecule has 0 amide bonds. The van der Waals surface area contributed by atoms with Gasteiger partial charge in [0.25, 0.3) is 0 Å². The van der Waals surface area contributed by atoms with Gasteiger partial charge >= 0.3 is 0 Å². The summed E-state index contributed by atoms with van der Waals surface area (Å²) in [4.78, 5) is 0. The summed E-state index contributed by atoms with van der Waals surface area (Å²) in [5, 5.41) is 8.74. The van der Waals surface area contributed by atoms with Crippen LogP contribution in [-0.4, -0.2) is 8.80 Å². The molecule has 0 atom stereocenters. The van der Waals surface area contributed by atoms with Crippen LogP contribution >= 0.6 is 0 Å². The Kier molecular flexibility index (Phi) is 6.32. The van der Waals surface area contributed by atoms with Crippen molar-refractivity contribution in [3.05, 3.63) is 47.5 Å². The van der Waals surface area contributed by atoms with E-state index in [2.05, 4.69) is 30.9 Å². The number of allylic oxidation sites excluding steroid dienone is 2. The predicted molar refractivity (Wildman–Crippen MR) is 91.8 cm³/mol. The van der Waals surface area contributed by atoms with Crippen molar-refractivity contribution < 1.29 is 0 Å². The molecule has 2 rings (SSSR count). The fraction of sp³-hybridized carbons (Fsp3) is 0.421. The highest BCUT2D eigenvalue weighted by Crippen LogP contribution is 2.28. The van der Waals surface area contributed by atoms with Gasteiger partial charge in [-0.25, -0.2) is 0 Å². The van der Waals surface area contributed by atoms with E-state index in [0.717, 1.165) is 11.5 Å². The fourth-order valence-corrected chi connectivity index (χ4v) is 6.50. The number of benzene rings is 1. The van der Waals surface area contributed by atoms with Crippen LogP contribution < -0.4 is 0 Å². The van der Waals surface area contributed by atoms with Gasteiger partial charge in [-0.3, -0.25) is 0 Å². The molecule has 0 radical (unpaired) electrons. The maximum absolute atomic E-state index is 8.74. The number of nitriles is 1. The van der Waals surface area contributed by atoms with Crippen molar-refractivity contribution in [2.75, 3.05) is 0 Å². The number of hydrogen-bond donors (Lipinski definition) is 0. The lowest BCUT2D eigenvalue weighted by atomic mass is 10.0. The third-order valence-electron chi connectivity index (χ3n) is 4.27. The highest BCUT2D eigenvalue weighted by atomic mass is 28.3. The van der Waals surface area contributed by atoms with E-state index in [-0.39, 0.29) is 8.80 Å². The largest absolute Gasteiger partial charge is 0.192 e. The summed E-state index contributed by atoms with van der Waals surface area (Å²) in [6.45, 7) is 2.32. The molecule has 0 N–H and O–H groups in total. The summed E-state index contributed by atoms with van der Waals surface area (Å²) >= 11 is 0. The van der Waals surface area contributed by atoms with E-state index in [1.54, 1.807) is 0 Å². The van der Waals surface area contributed by atoms with Crippen LogP contribution in [0.3, 0.4) is 0 Å². The Balaban J connectivity index is 1.81. The number of hydrogen-bond acceptors (Lipinski definition) is 1. The summed E-state index contributed by atoms with van der Waals surface area (Å²) < 4.78 is 0. The van der Waals surface area contributed by atoms with Gasteiger partial charge in [0.1, 0.15) is 0 Å². The zero-order valence-electron chi connectivity index (χ0n) is 12.8. The molecule has 2 heteroatoms.